The van der Waals surface area contributed by atoms with Gasteiger partial charge in [-0.05, 0) is 42.5 Å². The maximum absolute atomic E-state index is 13.6. The monoisotopic (exact) mass is 375 g/mol. The highest BCUT2D eigenvalue weighted by Gasteiger charge is 2.10. The fourth-order valence-electron chi connectivity index (χ4n) is 2.10. The van der Waals surface area contributed by atoms with Crippen molar-refractivity contribution in [2.45, 2.75) is 0 Å². The van der Waals surface area contributed by atoms with Crippen LogP contribution in [0.4, 0.5) is 21.5 Å². The molecule has 4 nitrogen and oxygen atoms in total. The highest BCUT2D eigenvalue weighted by Crippen LogP contribution is 2.26. The molecule has 0 bridgehead atoms. The molecule has 0 fully saturated rings. The quantitative estimate of drug-likeness (QED) is 0.630. The molecule has 0 spiro atoms. The van der Waals surface area contributed by atoms with Crippen molar-refractivity contribution in [1.29, 1.82) is 0 Å². The molecule has 1 heterocycles. The topological polar surface area (TPSA) is 54.0 Å². The van der Waals surface area contributed by atoms with E-state index in [1.165, 1.54) is 24.4 Å². The van der Waals surface area contributed by atoms with Crippen LogP contribution in [0.3, 0.4) is 0 Å². The lowest BCUT2D eigenvalue weighted by Gasteiger charge is -2.09. The molecule has 0 unspecified atom stereocenters. The number of nitrogens with one attached hydrogen (secondary N) is 2. The zero-order valence-electron chi connectivity index (χ0n) is 12.8. The van der Waals surface area contributed by atoms with Gasteiger partial charge in [-0.15, -0.1) is 0 Å². The summed E-state index contributed by atoms with van der Waals surface area (Å²) in [7, 11) is 0. The first-order valence-corrected chi connectivity index (χ1v) is 8.02. The van der Waals surface area contributed by atoms with Crippen LogP contribution in [-0.4, -0.2) is 10.9 Å². The first-order chi connectivity index (χ1) is 12.0. The maximum atomic E-state index is 13.6. The SMILES string of the molecule is O=C(Nc1ccc(Cl)cc1Cl)c1ccc(Nc2ccccc2F)cn1. The van der Waals surface area contributed by atoms with Gasteiger partial charge in [-0.3, -0.25) is 4.79 Å². The van der Waals surface area contributed by atoms with Gasteiger partial charge in [0.15, 0.2) is 0 Å². The van der Waals surface area contributed by atoms with E-state index in [1.807, 2.05) is 0 Å². The number of halogens is 3. The van der Waals surface area contributed by atoms with Gasteiger partial charge in [-0.2, -0.15) is 0 Å². The molecule has 7 heteroatoms. The molecule has 126 valence electrons. The Bertz CT molecular complexity index is 916. The highest BCUT2D eigenvalue weighted by molar-refractivity contribution is 6.36. The number of carbonyl (C=O) groups excluding carboxylic acids is 1. The van der Waals surface area contributed by atoms with Gasteiger partial charge in [0.25, 0.3) is 5.91 Å². The molecule has 0 atom stereocenters. The molecule has 0 saturated carbocycles. The summed E-state index contributed by atoms with van der Waals surface area (Å²) in [5, 5.41) is 6.37. The van der Waals surface area contributed by atoms with Crippen molar-refractivity contribution in [2.24, 2.45) is 0 Å². The molecule has 0 aliphatic heterocycles. The molecule has 3 aromatic rings. The third-order valence-corrected chi connectivity index (χ3v) is 3.88. The first-order valence-electron chi connectivity index (χ1n) is 7.27. The predicted molar refractivity (Wildman–Crippen MR) is 98.3 cm³/mol. The van der Waals surface area contributed by atoms with Crippen LogP contribution in [0, 0.1) is 5.82 Å². The van der Waals surface area contributed by atoms with Gasteiger partial charge in [0.05, 0.1) is 28.3 Å². The molecule has 0 radical (unpaired) electrons. The summed E-state index contributed by atoms with van der Waals surface area (Å²) in [4.78, 5) is 16.3. The van der Waals surface area contributed by atoms with E-state index < -0.39 is 5.91 Å². The fraction of sp³-hybridized carbons (Fsp3) is 0. The Balaban J connectivity index is 1.71. The minimum atomic E-state index is -0.415. The van der Waals surface area contributed by atoms with Gasteiger partial charge in [0, 0.05) is 5.02 Å². The molecule has 0 saturated heterocycles. The zero-order chi connectivity index (χ0) is 17.8. The molecule has 2 N–H and O–H groups in total. The standard InChI is InChI=1S/C18H12Cl2FN3O/c19-11-5-7-15(13(20)9-11)24-18(25)17-8-6-12(10-22-17)23-16-4-2-1-3-14(16)21/h1-10,23H,(H,24,25). The second-order valence-electron chi connectivity index (χ2n) is 5.12. The summed E-state index contributed by atoms with van der Waals surface area (Å²) in [6.07, 6.45) is 1.45. The van der Waals surface area contributed by atoms with Gasteiger partial charge in [-0.25, -0.2) is 9.37 Å². The number of amides is 1. The summed E-state index contributed by atoms with van der Waals surface area (Å²) in [5.74, 6) is -0.789. The van der Waals surface area contributed by atoms with Gasteiger partial charge < -0.3 is 10.6 Å². The highest BCUT2D eigenvalue weighted by atomic mass is 35.5. The summed E-state index contributed by atoms with van der Waals surface area (Å²) in [5.41, 5.74) is 1.53. The van der Waals surface area contributed by atoms with Gasteiger partial charge >= 0.3 is 0 Å². The van der Waals surface area contributed by atoms with Crippen molar-refractivity contribution in [3.8, 4) is 0 Å². The summed E-state index contributed by atoms with van der Waals surface area (Å²) in [6, 6.07) is 14.2. The lowest BCUT2D eigenvalue weighted by Crippen LogP contribution is -2.13. The number of nitrogens with zero attached hydrogens (tertiary/aromatic N) is 1. The van der Waals surface area contributed by atoms with E-state index in [2.05, 4.69) is 15.6 Å². The predicted octanol–water partition coefficient (Wildman–Crippen LogP) is 5.52. The number of rotatable bonds is 4. The summed E-state index contributed by atoms with van der Waals surface area (Å²) < 4.78 is 13.6. The third kappa shape index (κ3) is 4.26. The van der Waals surface area contributed by atoms with Crippen molar-refractivity contribution in [3.05, 3.63) is 82.4 Å². The van der Waals surface area contributed by atoms with Crippen molar-refractivity contribution in [1.82, 2.24) is 4.98 Å². The number of hydrogen-bond acceptors (Lipinski definition) is 3. The summed E-state index contributed by atoms with van der Waals surface area (Å²) in [6.45, 7) is 0. The van der Waals surface area contributed by atoms with Crippen molar-refractivity contribution < 1.29 is 9.18 Å². The number of hydrogen-bond donors (Lipinski definition) is 2. The molecule has 0 aliphatic rings. The van der Waals surface area contributed by atoms with E-state index in [4.69, 9.17) is 23.2 Å². The van der Waals surface area contributed by atoms with Crippen LogP contribution in [0.25, 0.3) is 0 Å². The Morgan fingerprint density at radius 3 is 2.48 bits per heavy atom. The Morgan fingerprint density at radius 1 is 1.00 bits per heavy atom. The number of aromatic nitrogens is 1. The second-order valence-corrected chi connectivity index (χ2v) is 5.96. The van der Waals surface area contributed by atoms with Crippen molar-refractivity contribution in [3.63, 3.8) is 0 Å². The first kappa shape index (κ1) is 17.2. The number of carbonyl (C=O) groups is 1. The Morgan fingerprint density at radius 2 is 1.80 bits per heavy atom. The van der Waals surface area contributed by atoms with E-state index in [-0.39, 0.29) is 11.5 Å². The Kier molecular flexibility index (Phi) is 5.16. The molecular formula is C18H12Cl2FN3O. The normalized spacial score (nSPS) is 10.4. The minimum Gasteiger partial charge on any atom is -0.352 e. The Hall–Kier alpha value is -2.63. The Labute approximate surface area is 153 Å². The van der Waals surface area contributed by atoms with Crippen LogP contribution >= 0.6 is 23.2 Å². The van der Waals surface area contributed by atoms with Crippen molar-refractivity contribution in [2.75, 3.05) is 10.6 Å². The van der Waals surface area contributed by atoms with Crippen LogP contribution < -0.4 is 10.6 Å². The van der Waals surface area contributed by atoms with E-state index in [0.29, 0.717) is 27.1 Å². The number of anilines is 3. The minimum absolute atomic E-state index is 0.199. The van der Waals surface area contributed by atoms with E-state index in [9.17, 15) is 9.18 Å². The van der Waals surface area contributed by atoms with Crippen LogP contribution in [0.5, 0.6) is 0 Å². The fourth-order valence-corrected chi connectivity index (χ4v) is 2.55. The third-order valence-electron chi connectivity index (χ3n) is 3.33. The molecule has 1 aromatic heterocycles. The average Bonchev–Trinajstić information content (AvgIpc) is 2.60. The van der Waals surface area contributed by atoms with Gasteiger partial charge in [0.1, 0.15) is 11.5 Å². The molecule has 25 heavy (non-hydrogen) atoms. The molecule has 3 rings (SSSR count). The molecular weight excluding hydrogens is 364 g/mol. The number of para-hydroxylation sites is 1. The molecule has 2 aromatic carbocycles. The van der Waals surface area contributed by atoms with E-state index >= 15 is 0 Å². The molecule has 1 amide bonds. The molecule has 0 aliphatic carbocycles. The van der Waals surface area contributed by atoms with E-state index in [1.54, 1.807) is 36.4 Å². The lowest BCUT2D eigenvalue weighted by atomic mass is 10.2. The maximum Gasteiger partial charge on any atom is 0.274 e. The van der Waals surface area contributed by atoms with Crippen molar-refractivity contribution >= 4 is 46.2 Å². The summed E-state index contributed by atoms with van der Waals surface area (Å²) >= 11 is 11.8. The van der Waals surface area contributed by atoms with Gasteiger partial charge in [-0.1, -0.05) is 35.3 Å². The van der Waals surface area contributed by atoms with Gasteiger partial charge in [0.2, 0.25) is 0 Å². The lowest BCUT2D eigenvalue weighted by molar-refractivity contribution is 0.102. The van der Waals surface area contributed by atoms with Crippen LogP contribution in [0.15, 0.2) is 60.8 Å². The largest absolute Gasteiger partial charge is 0.352 e. The second kappa shape index (κ2) is 7.51. The zero-order valence-corrected chi connectivity index (χ0v) is 14.3. The number of benzene rings is 2. The van der Waals surface area contributed by atoms with E-state index in [0.717, 1.165) is 0 Å². The van der Waals surface area contributed by atoms with Crippen LogP contribution in [0.1, 0.15) is 10.5 Å². The number of pyridine rings is 1. The van der Waals surface area contributed by atoms with Crippen LogP contribution in [0.2, 0.25) is 10.0 Å². The van der Waals surface area contributed by atoms with Crippen LogP contribution in [-0.2, 0) is 0 Å². The smallest absolute Gasteiger partial charge is 0.274 e. The average molecular weight is 376 g/mol.